The molecule has 4 amide bonds. The summed E-state index contributed by atoms with van der Waals surface area (Å²) in [6, 6.07) is 8.94. The fourth-order valence-corrected chi connectivity index (χ4v) is 12.2. The van der Waals surface area contributed by atoms with Crippen LogP contribution < -0.4 is 29.6 Å². The Bertz CT molecular complexity index is 2180. The summed E-state index contributed by atoms with van der Waals surface area (Å²) >= 11 is 0. The van der Waals surface area contributed by atoms with E-state index in [9.17, 15) is 28.8 Å². The molecule has 2 N–H and O–H groups in total. The first-order chi connectivity index (χ1) is 38.2. The van der Waals surface area contributed by atoms with Gasteiger partial charge in [-0.15, -0.1) is 0 Å². The van der Waals surface area contributed by atoms with E-state index in [1.165, 1.54) is 0 Å². The average molecular weight is 1110 g/mol. The van der Waals surface area contributed by atoms with Gasteiger partial charge in [-0.3, -0.25) is 19.2 Å². The number of ether oxygens (including phenoxy) is 6. The van der Waals surface area contributed by atoms with Gasteiger partial charge in [0, 0.05) is 86.9 Å². The number of benzene rings is 2. The van der Waals surface area contributed by atoms with Gasteiger partial charge < -0.3 is 48.9 Å². The van der Waals surface area contributed by atoms with Crippen LogP contribution in [0.1, 0.15) is 192 Å². The van der Waals surface area contributed by atoms with Crippen LogP contribution in [-0.4, -0.2) is 122 Å². The summed E-state index contributed by atoms with van der Waals surface area (Å²) < 4.78 is 37.1. The standard InChI is InChI=1S/C64H96N4O12/c1-39(2)17-21-75-53-31-47(32-54(37-53)76-22-18-40(3)4)63(73)79-57-29-45-25-49(35-57)65-59(69)43-13-11-16-52(27-43)68(10)62(72)46-26-50(66-60(70)44-14-12-15-51(28-44)67(9)61(45)71)36-58(30-46)80-64(74)48-33-55(77-23-19-41(5)6)38-56(34-48)78-24-20-42(7)8/h31-34,37-46,49-52,57-58H,11-30,35-36H2,1-10H3,(H,65,69)(H,66,70)/t43-,44-,45-,46-,49+,50+,51+,52+,57-,58-/m1/s1. The van der Waals surface area contributed by atoms with Crippen molar-refractivity contribution in [1.29, 1.82) is 0 Å². The number of amides is 4. The lowest BCUT2D eigenvalue weighted by Crippen LogP contribution is -2.53. The Morgan fingerprint density at radius 1 is 0.450 bits per heavy atom. The normalized spacial score (nSPS) is 26.9. The Kier molecular flexibility index (Phi) is 22.8. The smallest absolute Gasteiger partial charge is 0.338 e. The lowest BCUT2D eigenvalue weighted by Gasteiger charge is -2.42. The monoisotopic (exact) mass is 1110 g/mol. The number of rotatable bonds is 20. The van der Waals surface area contributed by atoms with Crippen LogP contribution in [-0.2, 0) is 28.7 Å². The van der Waals surface area contributed by atoms with Crippen LogP contribution in [0, 0.1) is 47.3 Å². The summed E-state index contributed by atoms with van der Waals surface area (Å²) in [5, 5.41) is 6.62. The molecule has 2 aromatic rings. The van der Waals surface area contributed by atoms with Crippen molar-refractivity contribution in [2.75, 3.05) is 40.5 Å². The molecule has 80 heavy (non-hydrogen) atoms. The van der Waals surface area contributed by atoms with E-state index in [0.717, 1.165) is 51.4 Å². The number of fused-ring (bicyclic) bond motifs is 8. The first kappa shape index (κ1) is 62.1. The molecule has 4 saturated carbocycles. The van der Waals surface area contributed by atoms with E-state index in [-0.39, 0.29) is 59.7 Å². The van der Waals surface area contributed by atoms with Gasteiger partial charge in [-0.2, -0.15) is 0 Å². The Labute approximate surface area is 477 Å². The predicted molar refractivity (Wildman–Crippen MR) is 307 cm³/mol. The van der Waals surface area contributed by atoms with Gasteiger partial charge in [0.25, 0.3) is 0 Å². The third-order valence-electron chi connectivity index (χ3n) is 17.2. The van der Waals surface area contributed by atoms with E-state index < -0.39 is 59.9 Å². The zero-order valence-corrected chi connectivity index (χ0v) is 49.9. The van der Waals surface area contributed by atoms with Crippen molar-refractivity contribution >= 4 is 35.6 Å². The van der Waals surface area contributed by atoms with Gasteiger partial charge in [0.05, 0.1) is 37.6 Å². The highest BCUT2D eigenvalue weighted by Crippen LogP contribution is 2.38. The van der Waals surface area contributed by atoms with E-state index >= 15 is 0 Å². The van der Waals surface area contributed by atoms with Crippen molar-refractivity contribution in [2.45, 2.75) is 207 Å². The van der Waals surface area contributed by atoms with Crippen molar-refractivity contribution in [2.24, 2.45) is 47.3 Å². The first-order valence-electron chi connectivity index (χ1n) is 30.5. The quantitative estimate of drug-likeness (QED) is 0.120. The van der Waals surface area contributed by atoms with Crippen molar-refractivity contribution in [3.05, 3.63) is 47.5 Å². The maximum absolute atomic E-state index is 14.8. The minimum atomic E-state index is -0.683. The maximum atomic E-state index is 14.8. The molecule has 0 aromatic heterocycles. The minimum absolute atomic E-state index is 0.105. The van der Waals surface area contributed by atoms with Gasteiger partial charge in [-0.05, 0) is 138 Å². The highest BCUT2D eigenvalue weighted by Gasteiger charge is 2.44. The zero-order valence-electron chi connectivity index (χ0n) is 49.9. The molecular weight excluding hydrogens is 1020 g/mol. The van der Waals surface area contributed by atoms with Crippen LogP contribution in [0.15, 0.2) is 36.4 Å². The van der Waals surface area contributed by atoms with Crippen LogP contribution in [0.5, 0.6) is 23.0 Å². The largest absolute Gasteiger partial charge is 0.493 e. The number of esters is 2. The summed E-state index contributed by atoms with van der Waals surface area (Å²) in [5.41, 5.74) is 0.567. The molecule has 1 heterocycles. The van der Waals surface area contributed by atoms with Gasteiger partial charge in [-0.25, -0.2) is 9.59 Å². The van der Waals surface area contributed by atoms with Crippen LogP contribution in [0.2, 0.25) is 0 Å². The molecule has 0 radical (unpaired) electrons. The summed E-state index contributed by atoms with van der Waals surface area (Å²) in [6.45, 7) is 18.9. The number of hydrogen-bond acceptors (Lipinski definition) is 12. The summed E-state index contributed by atoms with van der Waals surface area (Å²) in [6.07, 6.45) is 9.04. The van der Waals surface area contributed by atoms with Gasteiger partial charge in [0.2, 0.25) is 23.6 Å². The molecule has 16 heteroatoms. The van der Waals surface area contributed by atoms with Crippen LogP contribution in [0.25, 0.3) is 0 Å². The highest BCUT2D eigenvalue weighted by molar-refractivity contribution is 5.91. The van der Waals surface area contributed by atoms with E-state index in [0.29, 0.717) is 124 Å². The molecule has 16 nitrogen and oxygen atoms in total. The summed E-state index contributed by atoms with van der Waals surface area (Å²) in [7, 11) is 3.61. The highest BCUT2D eigenvalue weighted by atomic mass is 16.5. The van der Waals surface area contributed by atoms with Gasteiger partial charge >= 0.3 is 11.9 Å². The second-order valence-corrected chi connectivity index (χ2v) is 25.7. The van der Waals surface area contributed by atoms with Crippen molar-refractivity contribution in [1.82, 2.24) is 20.4 Å². The van der Waals surface area contributed by atoms with Crippen LogP contribution >= 0.6 is 0 Å². The second-order valence-electron chi connectivity index (χ2n) is 25.7. The first-order valence-corrected chi connectivity index (χ1v) is 30.5. The number of carbonyl (C=O) groups excluding carboxylic acids is 6. The fraction of sp³-hybridized carbons (Fsp3) is 0.719. The molecule has 7 rings (SSSR count). The summed E-state index contributed by atoms with van der Waals surface area (Å²) in [5.74, 6) is 0.263. The molecule has 8 bridgehead atoms. The van der Waals surface area contributed by atoms with Crippen molar-refractivity contribution in [3.63, 3.8) is 0 Å². The molecule has 10 atom stereocenters. The number of nitrogens with zero attached hydrogens (tertiary/aromatic N) is 2. The molecule has 444 valence electrons. The Hall–Kier alpha value is -5.54. The average Bonchev–Trinajstić information content (AvgIpc) is 3.45. The topological polar surface area (TPSA) is 188 Å². The van der Waals surface area contributed by atoms with Crippen molar-refractivity contribution < 1.29 is 57.2 Å². The van der Waals surface area contributed by atoms with Gasteiger partial charge in [0.15, 0.2) is 0 Å². The van der Waals surface area contributed by atoms with E-state index in [1.54, 1.807) is 60.3 Å². The van der Waals surface area contributed by atoms with Gasteiger partial charge in [-0.1, -0.05) is 68.2 Å². The third kappa shape index (κ3) is 18.2. The molecule has 0 spiro atoms. The molecular formula is C64H96N4O12. The Morgan fingerprint density at radius 3 is 1.09 bits per heavy atom. The molecule has 5 aliphatic rings. The molecule has 1 saturated heterocycles. The molecule has 4 aliphatic carbocycles. The minimum Gasteiger partial charge on any atom is -0.493 e. The Morgan fingerprint density at radius 2 is 0.775 bits per heavy atom. The third-order valence-corrected chi connectivity index (χ3v) is 17.2. The lowest BCUT2D eigenvalue weighted by atomic mass is 9.79. The van der Waals surface area contributed by atoms with E-state index in [1.807, 2.05) is 0 Å². The predicted octanol–water partition coefficient (Wildman–Crippen LogP) is 10.8. The Balaban J connectivity index is 1.10. The molecule has 5 fully saturated rings. The van der Waals surface area contributed by atoms with Gasteiger partial charge in [0.1, 0.15) is 35.2 Å². The maximum Gasteiger partial charge on any atom is 0.338 e. The summed E-state index contributed by atoms with van der Waals surface area (Å²) in [4.78, 5) is 90.6. The zero-order chi connectivity index (χ0) is 57.6. The van der Waals surface area contributed by atoms with Crippen LogP contribution in [0.4, 0.5) is 0 Å². The second kappa shape index (κ2) is 29.4. The fourth-order valence-electron chi connectivity index (χ4n) is 12.2. The van der Waals surface area contributed by atoms with Crippen molar-refractivity contribution in [3.8, 4) is 23.0 Å². The molecule has 0 unspecified atom stereocenters. The number of nitrogens with one attached hydrogen (secondary N) is 2. The number of carbonyl (C=O) groups is 6. The molecule has 1 aliphatic heterocycles. The SMILES string of the molecule is CC(C)CCOc1cc(OCCC(C)C)cc(C(=O)O[C@H]2C[C@@H]3C[C@H](C2)C(=O)N(C)[C@H]2CCC[C@H](C2)C(=O)N[C@@H]2C[C@H](OC(=O)c4cc(OCCC(C)C)cc(OCCC(C)C)c4)C[C@@H](C2)C(=O)N(C)[C@H]2CCC[C@H](C2)C(=O)N3)c1. The van der Waals surface area contributed by atoms with E-state index in [2.05, 4.69) is 66.0 Å². The molecule has 2 aromatic carbocycles. The van der Waals surface area contributed by atoms with Crippen LogP contribution in [0.3, 0.4) is 0 Å². The number of hydrogen-bond donors (Lipinski definition) is 2. The lowest BCUT2D eigenvalue weighted by molar-refractivity contribution is -0.143. The van der Waals surface area contributed by atoms with E-state index in [4.69, 9.17) is 28.4 Å².